The van der Waals surface area contributed by atoms with E-state index in [4.69, 9.17) is 17.0 Å². The number of imide groups is 1. The van der Waals surface area contributed by atoms with Crippen LogP contribution in [0.2, 0.25) is 5.02 Å². The number of thioether (sulfide) groups is 1. The Balaban J connectivity index is 1.44. The van der Waals surface area contributed by atoms with Gasteiger partial charge in [0.05, 0.1) is 10.5 Å². The summed E-state index contributed by atoms with van der Waals surface area (Å²) in [5, 5.41) is 10.2. The van der Waals surface area contributed by atoms with Crippen molar-refractivity contribution >= 4 is 58.4 Å². The first-order valence-corrected chi connectivity index (χ1v) is 13.3. The Morgan fingerprint density at radius 2 is 1.82 bits per heavy atom. The molecule has 2 aliphatic heterocycles. The van der Waals surface area contributed by atoms with Crippen molar-refractivity contribution in [3.63, 3.8) is 0 Å². The predicted octanol–water partition coefficient (Wildman–Crippen LogP) is 5.64. The fourth-order valence-corrected chi connectivity index (χ4v) is 5.20. The van der Waals surface area contributed by atoms with Gasteiger partial charge in [0.2, 0.25) is 5.91 Å². The van der Waals surface area contributed by atoms with Crippen molar-refractivity contribution in [2.45, 2.75) is 19.6 Å². The molecule has 13 heteroatoms. The average Bonchev–Trinajstić information content (AvgIpc) is 3.18. The van der Waals surface area contributed by atoms with Crippen LogP contribution in [0.1, 0.15) is 29.2 Å². The summed E-state index contributed by atoms with van der Waals surface area (Å²) in [5.41, 5.74) is 0.514. The number of carbonyl (C=O) groups excluding carboxylic acids is 3. The van der Waals surface area contributed by atoms with Crippen molar-refractivity contribution in [3.8, 4) is 0 Å². The number of halogens is 4. The Kier molecular flexibility index (Phi) is 8.89. The largest absolute Gasteiger partial charge is 0.416 e. The van der Waals surface area contributed by atoms with Crippen LogP contribution in [0, 0.1) is 5.41 Å². The number of piperazine rings is 1. The molecule has 2 fully saturated rings. The topological polar surface area (TPSA) is 96.8 Å². The zero-order valence-corrected chi connectivity index (χ0v) is 22.9. The zero-order valence-electron chi connectivity index (χ0n) is 21.3. The van der Waals surface area contributed by atoms with Gasteiger partial charge in [-0.2, -0.15) is 13.2 Å². The zero-order chi connectivity index (χ0) is 29.0. The molecule has 2 aromatic carbocycles. The summed E-state index contributed by atoms with van der Waals surface area (Å²) in [6.45, 7) is 3.66. The Hall–Kier alpha value is -3.77. The van der Waals surface area contributed by atoms with E-state index in [9.17, 15) is 27.6 Å². The van der Waals surface area contributed by atoms with Crippen molar-refractivity contribution in [1.29, 1.82) is 5.41 Å². The van der Waals surface area contributed by atoms with E-state index in [2.05, 4.69) is 5.32 Å². The maximum absolute atomic E-state index is 13.4. The number of nitrogens with zero attached hydrogens (tertiary/aromatic N) is 3. The quantitative estimate of drug-likeness (QED) is 0.320. The Bertz CT molecular complexity index is 1400. The standard InChI is InChI=1S/C27H25ClF3N5O3S/c1-17(37)35-9-6-34(7-10-35)8-11-36-25(38)24(40-26(36)39)13-18-2-5-23(20(12-18)15-32)33-16-19-3-4-21(28)14-22(19)27(29,30)31/h2-5,8,11-15,32-33H,6-7,9-10,16H2,1H3/b11-8+,24-13-,32-15?. The highest BCUT2D eigenvalue weighted by Crippen LogP contribution is 2.35. The molecule has 2 aromatic rings. The minimum Gasteiger partial charge on any atom is -0.380 e. The van der Waals surface area contributed by atoms with Gasteiger partial charge in [-0.1, -0.05) is 23.7 Å². The van der Waals surface area contributed by atoms with Crippen LogP contribution in [0.3, 0.4) is 0 Å². The van der Waals surface area contributed by atoms with Crippen LogP contribution in [0.15, 0.2) is 53.7 Å². The van der Waals surface area contributed by atoms with E-state index in [0.29, 0.717) is 43.0 Å². The molecule has 0 saturated carbocycles. The Labute approximate surface area is 237 Å². The molecule has 0 aliphatic carbocycles. The van der Waals surface area contributed by atoms with Gasteiger partial charge in [-0.05, 0) is 53.2 Å². The van der Waals surface area contributed by atoms with Crippen LogP contribution in [0.4, 0.5) is 23.7 Å². The van der Waals surface area contributed by atoms with E-state index in [1.54, 1.807) is 29.3 Å². The van der Waals surface area contributed by atoms with Crippen LogP contribution in [0.25, 0.3) is 6.08 Å². The second-order valence-electron chi connectivity index (χ2n) is 9.04. The third-order valence-electron chi connectivity index (χ3n) is 6.39. The molecule has 0 unspecified atom stereocenters. The third-order valence-corrected chi connectivity index (χ3v) is 7.50. The fraction of sp³-hybridized carbons (Fsp3) is 0.259. The van der Waals surface area contributed by atoms with E-state index in [0.717, 1.165) is 28.9 Å². The molecule has 2 heterocycles. The lowest BCUT2D eigenvalue weighted by Crippen LogP contribution is -2.46. The molecule has 2 aliphatic rings. The second kappa shape index (κ2) is 12.2. The number of anilines is 1. The summed E-state index contributed by atoms with van der Waals surface area (Å²) >= 11 is 6.53. The number of nitrogens with one attached hydrogen (secondary N) is 2. The molecule has 40 heavy (non-hydrogen) atoms. The number of benzene rings is 2. The van der Waals surface area contributed by atoms with E-state index in [1.165, 1.54) is 31.3 Å². The van der Waals surface area contributed by atoms with Crippen molar-refractivity contribution in [1.82, 2.24) is 14.7 Å². The number of amides is 3. The van der Waals surface area contributed by atoms with Gasteiger partial charge in [0, 0.05) is 74.5 Å². The molecule has 2 saturated heterocycles. The van der Waals surface area contributed by atoms with E-state index in [1.807, 2.05) is 4.90 Å². The normalized spacial score (nSPS) is 17.3. The summed E-state index contributed by atoms with van der Waals surface area (Å²) in [6.07, 6.45) is 1.09. The smallest absolute Gasteiger partial charge is 0.380 e. The van der Waals surface area contributed by atoms with Gasteiger partial charge in [0.15, 0.2) is 0 Å². The molecule has 0 aromatic heterocycles. The van der Waals surface area contributed by atoms with Crippen LogP contribution >= 0.6 is 23.4 Å². The Morgan fingerprint density at radius 3 is 2.48 bits per heavy atom. The molecule has 3 amide bonds. The number of hydrogen-bond acceptors (Lipinski definition) is 7. The van der Waals surface area contributed by atoms with E-state index in [-0.39, 0.29) is 27.9 Å². The van der Waals surface area contributed by atoms with Gasteiger partial charge in [-0.25, -0.2) is 4.90 Å². The van der Waals surface area contributed by atoms with E-state index >= 15 is 0 Å². The highest BCUT2D eigenvalue weighted by molar-refractivity contribution is 8.18. The number of hydrogen-bond donors (Lipinski definition) is 2. The summed E-state index contributed by atoms with van der Waals surface area (Å²) in [4.78, 5) is 41.7. The lowest BCUT2D eigenvalue weighted by molar-refractivity contribution is -0.138. The number of carbonyl (C=O) groups is 3. The molecule has 0 atom stereocenters. The van der Waals surface area contributed by atoms with Gasteiger partial charge in [-0.15, -0.1) is 0 Å². The first-order chi connectivity index (χ1) is 19.0. The van der Waals surface area contributed by atoms with Crippen molar-refractivity contribution in [2.75, 3.05) is 31.5 Å². The average molecular weight is 592 g/mol. The maximum atomic E-state index is 13.4. The SMILES string of the molecule is CC(=O)N1CCN(/C=C/N2C(=O)S/C(=C\c3ccc(NCc4ccc(Cl)cc4C(F)(F)F)c(C=N)c3)C2=O)CC1. The second-order valence-corrected chi connectivity index (χ2v) is 10.5. The van der Waals surface area contributed by atoms with Gasteiger partial charge in [0.25, 0.3) is 11.1 Å². The minimum atomic E-state index is -4.57. The van der Waals surface area contributed by atoms with Crippen LogP contribution < -0.4 is 5.32 Å². The maximum Gasteiger partial charge on any atom is 0.416 e. The van der Waals surface area contributed by atoms with Gasteiger partial charge in [-0.3, -0.25) is 14.4 Å². The van der Waals surface area contributed by atoms with Crippen LogP contribution in [-0.4, -0.2) is 64.1 Å². The molecule has 210 valence electrons. The summed E-state index contributed by atoms with van der Waals surface area (Å²) in [7, 11) is 0. The van der Waals surface area contributed by atoms with Crippen molar-refractivity contribution in [2.24, 2.45) is 0 Å². The monoisotopic (exact) mass is 591 g/mol. The summed E-state index contributed by atoms with van der Waals surface area (Å²) in [5.74, 6) is -0.485. The Morgan fingerprint density at radius 1 is 1.10 bits per heavy atom. The van der Waals surface area contributed by atoms with E-state index < -0.39 is 22.9 Å². The molecule has 0 radical (unpaired) electrons. The van der Waals surface area contributed by atoms with Gasteiger partial charge in [0.1, 0.15) is 0 Å². The molecule has 4 rings (SSSR count). The predicted molar refractivity (Wildman–Crippen MR) is 149 cm³/mol. The molecule has 0 bridgehead atoms. The highest BCUT2D eigenvalue weighted by atomic mass is 35.5. The molecular weight excluding hydrogens is 567 g/mol. The number of alkyl halides is 3. The minimum absolute atomic E-state index is 0.000585. The van der Waals surface area contributed by atoms with Crippen molar-refractivity contribution < 1.29 is 27.6 Å². The molecule has 2 N–H and O–H groups in total. The first-order valence-electron chi connectivity index (χ1n) is 12.1. The highest BCUT2D eigenvalue weighted by Gasteiger charge is 2.34. The molecule has 8 nitrogen and oxygen atoms in total. The van der Waals surface area contributed by atoms with Crippen LogP contribution in [0.5, 0.6) is 0 Å². The van der Waals surface area contributed by atoms with Crippen LogP contribution in [-0.2, 0) is 22.3 Å². The van der Waals surface area contributed by atoms with Gasteiger partial charge < -0.3 is 20.5 Å². The summed E-state index contributed by atoms with van der Waals surface area (Å²) in [6, 6.07) is 8.38. The number of rotatable bonds is 7. The third kappa shape index (κ3) is 6.86. The lowest BCUT2D eigenvalue weighted by atomic mass is 10.1. The van der Waals surface area contributed by atoms with Gasteiger partial charge >= 0.3 is 6.18 Å². The van der Waals surface area contributed by atoms with Crippen molar-refractivity contribution in [3.05, 3.63) is 81.0 Å². The summed E-state index contributed by atoms with van der Waals surface area (Å²) < 4.78 is 40.2. The lowest BCUT2D eigenvalue weighted by Gasteiger charge is -2.33. The molecular formula is C27H25ClF3N5O3S. The first kappa shape index (κ1) is 29.2. The molecule has 0 spiro atoms. The fourth-order valence-electron chi connectivity index (χ4n) is 4.22.